The topological polar surface area (TPSA) is 75.6 Å². The number of benzene rings is 2. The lowest BCUT2D eigenvalue weighted by atomic mass is 10.2. The number of amides is 1. The highest BCUT2D eigenvalue weighted by molar-refractivity contribution is 9.10. The zero-order valence-corrected chi connectivity index (χ0v) is 12.5. The van der Waals surface area contributed by atoms with Crippen LogP contribution in [0.4, 0.5) is 5.69 Å². The maximum absolute atomic E-state index is 11.7. The fourth-order valence-corrected chi connectivity index (χ4v) is 1.99. The largest absolute Gasteiger partial charge is 0.507 e. The molecule has 2 N–H and O–H groups in total. The van der Waals surface area contributed by atoms with E-state index in [0.29, 0.717) is 5.69 Å². The number of nitrogens with one attached hydrogen (secondary N) is 1. The van der Waals surface area contributed by atoms with E-state index in [4.69, 9.17) is 4.74 Å². The summed E-state index contributed by atoms with van der Waals surface area (Å²) in [5.74, 6) is -1.41. The Morgan fingerprint density at radius 3 is 2.48 bits per heavy atom. The molecule has 0 aromatic heterocycles. The number of carbonyl (C=O) groups is 2. The van der Waals surface area contributed by atoms with Crippen molar-refractivity contribution in [3.05, 3.63) is 58.6 Å². The summed E-state index contributed by atoms with van der Waals surface area (Å²) in [6.07, 6.45) is 0. The Bertz CT molecular complexity index is 672. The van der Waals surface area contributed by atoms with Gasteiger partial charge in [0.25, 0.3) is 5.91 Å². The summed E-state index contributed by atoms with van der Waals surface area (Å²) in [7, 11) is 0. The number of anilines is 1. The zero-order chi connectivity index (χ0) is 15.2. The molecule has 0 aliphatic heterocycles. The molecule has 0 heterocycles. The van der Waals surface area contributed by atoms with Crippen LogP contribution in [0.3, 0.4) is 0 Å². The normalized spacial score (nSPS) is 9.95. The van der Waals surface area contributed by atoms with Gasteiger partial charge in [-0.2, -0.15) is 0 Å². The van der Waals surface area contributed by atoms with Crippen LogP contribution in [0.1, 0.15) is 10.4 Å². The van der Waals surface area contributed by atoms with Gasteiger partial charge in [0.2, 0.25) is 0 Å². The van der Waals surface area contributed by atoms with Crippen molar-refractivity contribution < 1.29 is 19.4 Å². The second-order valence-electron chi connectivity index (χ2n) is 4.12. The van der Waals surface area contributed by atoms with Crippen LogP contribution in [-0.2, 0) is 9.53 Å². The molecule has 0 bridgehead atoms. The third-order valence-electron chi connectivity index (χ3n) is 2.61. The quantitative estimate of drug-likeness (QED) is 0.832. The Labute approximate surface area is 129 Å². The number of ether oxygens (including phenoxy) is 1. The van der Waals surface area contributed by atoms with Crippen molar-refractivity contribution in [1.29, 1.82) is 0 Å². The van der Waals surface area contributed by atoms with Gasteiger partial charge in [-0.25, -0.2) is 4.79 Å². The lowest BCUT2D eigenvalue weighted by molar-refractivity contribution is -0.119. The van der Waals surface area contributed by atoms with E-state index >= 15 is 0 Å². The number of esters is 1. The number of phenolic OH excluding ortho intramolecular Hbond substituents is 1. The molecule has 0 spiro atoms. The zero-order valence-electron chi connectivity index (χ0n) is 10.9. The minimum atomic E-state index is -0.754. The Balaban J connectivity index is 1.91. The highest BCUT2D eigenvalue weighted by Gasteiger charge is 2.14. The summed E-state index contributed by atoms with van der Waals surface area (Å²) in [6.45, 7) is -0.436. The van der Waals surface area contributed by atoms with Gasteiger partial charge in [0, 0.05) is 4.47 Å². The Morgan fingerprint density at radius 2 is 1.76 bits per heavy atom. The van der Waals surface area contributed by atoms with Crippen molar-refractivity contribution >= 4 is 33.5 Å². The fourth-order valence-electron chi connectivity index (χ4n) is 1.60. The van der Waals surface area contributed by atoms with Crippen LogP contribution in [0.2, 0.25) is 0 Å². The number of halogens is 1. The molecule has 0 atom stereocenters. The van der Waals surface area contributed by atoms with Gasteiger partial charge in [0.15, 0.2) is 6.61 Å². The first-order valence-corrected chi connectivity index (χ1v) is 6.86. The lowest BCUT2D eigenvalue weighted by Crippen LogP contribution is -2.21. The van der Waals surface area contributed by atoms with Gasteiger partial charge in [-0.3, -0.25) is 4.79 Å². The monoisotopic (exact) mass is 349 g/mol. The number of phenols is 1. The number of aromatic hydroxyl groups is 1. The predicted octanol–water partition coefficient (Wildman–Crippen LogP) is 2.95. The molecule has 2 aromatic carbocycles. The van der Waals surface area contributed by atoms with Gasteiger partial charge >= 0.3 is 5.97 Å². The van der Waals surface area contributed by atoms with Crippen molar-refractivity contribution in [1.82, 2.24) is 0 Å². The Hall–Kier alpha value is -2.34. The first kappa shape index (κ1) is 15.1. The SMILES string of the molecule is O=C(COC(=O)c1ccccc1O)Nc1ccccc1Br. The van der Waals surface area contributed by atoms with Gasteiger partial charge in [-0.05, 0) is 40.2 Å². The molecule has 6 heteroatoms. The number of rotatable bonds is 4. The fraction of sp³-hybridized carbons (Fsp3) is 0.0667. The molecular weight excluding hydrogens is 338 g/mol. The van der Waals surface area contributed by atoms with Gasteiger partial charge in [0.05, 0.1) is 5.69 Å². The molecule has 0 aliphatic rings. The summed E-state index contributed by atoms with van der Waals surface area (Å²) in [5.41, 5.74) is 0.604. The summed E-state index contributed by atoms with van der Waals surface area (Å²) >= 11 is 3.30. The van der Waals surface area contributed by atoms with Gasteiger partial charge in [-0.15, -0.1) is 0 Å². The van der Waals surface area contributed by atoms with Crippen LogP contribution < -0.4 is 5.32 Å². The van der Waals surface area contributed by atoms with Crippen LogP contribution in [0, 0.1) is 0 Å². The minimum absolute atomic E-state index is 0.0196. The molecule has 0 saturated carbocycles. The standard InChI is InChI=1S/C15H12BrNO4/c16-11-6-2-3-7-12(11)17-14(19)9-21-15(20)10-5-1-4-8-13(10)18/h1-8,18H,9H2,(H,17,19). The van der Waals surface area contributed by atoms with Gasteiger partial charge < -0.3 is 15.2 Å². The molecule has 0 fully saturated rings. The second-order valence-corrected chi connectivity index (χ2v) is 4.98. The first-order chi connectivity index (χ1) is 10.1. The number of hydrogen-bond donors (Lipinski definition) is 2. The minimum Gasteiger partial charge on any atom is -0.507 e. The van der Waals surface area contributed by atoms with Crippen LogP contribution in [-0.4, -0.2) is 23.6 Å². The average molecular weight is 350 g/mol. The van der Waals surface area contributed by atoms with Crippen molar-refractivity contribution in [3.8, 4) is 5.75 Å². The van der Waals surface area contributed by atoms with E-state index in [1.807, 2.05) is 6.07 Å². The molecule has 0 radical (unpaired) electrons. The first-order valence-electron chi connectivity index (χ1n) is 6.07. The van der Waals surface area contributed by atoms with E-state index in [0.717, 1.165) is 4.47 Å². The van der Waals surface area contributed by atoms with Crippen LogP contribution >= 0.6 is 15.9 Å². The molecule has 0 saturated heterocycles. The Kier molecular flexibility index (Phi) is 4.94. The highest BCUT2D eigenvalue weighted by Crippen LogP contribution is 2.21. The molecule has 108 valence electrons. The molecule has 0 aliphatic carbocycles. The number of hydrogen-bond acceptors (Lipinski definition) is 4. The van der Waals surface area contributed by atoms with Crippen molar-refractivity contribution in [2.24, 2.45) is 0 Å². The van der Waals surface area contributed by atoms with Gasteiger partial charge in [0.1, 0.15) is 11.3 Å². The second kappa shape index (κ2) is 6.90. The van der Waals surface area contributed by atoms with Crippen molar-refractivity contribution in [2.75, 3.05) is 11.9 Å². The maximum atomic E-state index is 11.7. The van der Waals surface area contributed by atoms with E-state index in [1.165, 1.54) is 12.1 Å². The van der Waals surface area contributed by atoms with Crippen LogP contribution in [0.5, 0.6) is 5.75 Å². The average Bonchev–Trinajstić information content (AvgIpc) is 2.48. The summed E-state index contributed by atoms with van der Waals surface area (Å²) < 4.78 is 5.58. The summed E-state index contributed by atoms with van der Waals surface area (Å²) in [5, 5.41) is 12.1. The number of para-hydroxylation sites is 2. The number of carbonyl (C=O) groups excluding carboxylic acids is 2. The Morgan fingerprint density at radius 1 is 1.10 bits per heavy atom. The molecule has 2 aromatic rings. The van der Waals surface area contributed by atoms with E-state index < -0.39 is 18.5 Å². The molecule has 21 heavy (non-hydrogen) atoms. The highest BCUT2D eigenvalue weighted by atomic mass is 79.9. The molecule has 5 nitrogen and oxygen atoms in total. The van der Waals surface area contributed by atoms with E-state index in [-0.39, 0.29) is 11.3 Å². The van der Waals surface area contributed by atoms with Gasteiger partial charge in [-0.1, -0.05) is 24.3 Å². The molecule has 0 unspecified atom stereocenters. The smallest absolute Gasteiger partial charge is 0.342 e. The van der Waals surface area contributed by atoms with E-state index in [2.05, 4.69) is 21.2 Å². The van der Waals surface area contributed by atoms with Crippen LogP contribution in [0.25, 0.3) is 0 Å². The maximum Gasteiger partial charge on any atom is 0.342 e. The van der Waals surface area contributed by atoms with Crippen LogP contribution in [0.15, 0.2) is 53.0 Å². The predicted molar refractivity (Wildman–Crippen MR) is 81.2 cm³/mol. The lowest BCUT2D eigenvalue weighted by Gasteiger charge is -2.08. The third-order valence-corrected chi connectivity index (χ3v) is 3.30. The summed E-state index contributed by atoms with van der Waals surface area (Å²) in [6, 6.07) is 13.1. The third kappa shape index (κ3) is 4.06. The molecular formula is C15H12BrNO4. The molecule has 2 rings (SSSR count). The van der Waals surface area contributed by atoms with E-state index in [9.17, 15) is 14.7 Å². The molecule has 1 amide bonds. The van der Waals surface area contributed by atoms with E-state index in [1.54, 1.807) is 30.3 Å². The summed E-state index contributed by atoms with van der Waals surface area (Å²) in [4.78, 5) is 23.4. The van der Waals surface area contributed by atoms with Crippen molar-refractivity contribution in [2.45, 2.75) is 0 Å². The van der Waals surface area contributed by atoms with Crippen molar-refractivity contribution in [3.63, 3.8) is 0 Å².